The van der Waals surface area contributed by atoms with Gasteiger partial charge >= 0.3 is 11.9 Å². The number of piperidine rings is 1. The molecule has 0 radical (unpaired) electrons. The summed E-state index contributed by atoms with van der Waals surface area (Å²) >= 11 is 0. The predicted molar refractivity (Wildman–Crippen MR) is 137 cm³/mol. The minimum Gasteiger partial charge on any atom is -0.493 e. The van der Waals surface area contributed by atoms with Crippen LogP contribution in [0.1, 0.15) is 42.1 Å². The molecule has 2 bridgehead atoms. The lowest BCUT2D eigenvalue weighted by molar-refractivity contribution is -0.176. The summed E-state index contributed by atoms with van der Waals surface area (Å²) in [6, 6.07) is 12.6. The molecule has 9 nitrogen and oxygen atoms in total. The topological polar surface area (TPSA) is 121 Å². The molecule has 2 aliphatic carbocycles. The molecule has 4 aliphatic rings. The first-order valence-electron chi connectivity index (χ1n) is 13.0. The molecule has 38 heavy (non-hydrogen) atoms. The second kappa shape index (κ2) is 9.11. The van der Waals surface area contributed by atoms with E-state index in [1.165, 1.54) is 0 Å². The van der Waals surface area contributed by atoms with Crippen molar-refractivity contribution in [2.24, 2.45) is 5.73 Å². The van der Waals surface area contributed by atoms with Gasteiger partial charge in [0.05, 0.1) is 24.5 Å². The van der Waals surface area contributed by atoms with Gasteiger partial charge in [-0.2, -0.15) is 0 Å². The van der Waals surface area contributed by atoms with Gasteiger partial charge in [0.15, 0.2) is 17.6 Å². The van der Waals surface area contributed by atoms with E-state index in [1.807, 2.05) is 25.2 Å². The fourth-order valence-corrected chi connectivity index (χ4v) is 6.95. The fraction of sp³-hybridized carbons (Fsp3) is 0.448. The zero-order valence-electron chi connectivity index (χ0n) is 21.5. The molecule has 9 heteroatoms. The van der Waals surface area contributed by atoms with Crippen molar-refractivity contribution in [3.8, 4) is 11.5 Å². The number of esters is 2. The van der Waals surface area contributed by atoms with Crippen molar-refractivity contribution in [3.63, 3.8) is 0 Å². The number of methoxy groups -OCH3 is 1. The number of likely N-dealkylation sites (tertiary alicyclic amines) is 1. The fourth-order valence-electron chi connectivity index (χ4n) is 6.95. The molecule has 1 saturated heterocycles. The van der Waals surface area contributed by atoms with Crippen LogP contribution in [0.25, 0.3) is 0 Å². The molecule has 0 unspecified atom stereocenters. The summed E-state index contributed by atoms with van der Waals surface area (Å²) < 4.78 is 23.7. The number of carbonyl (C=O) groups excluding carboxylic acids is 2. The molecular weight excluding hydrogens is 488 g/mol. The second-order valence-electron chi connectivity index (χ2n) is 10.5. The van der Waals surface area contributed by atoms with E-state index in [0.29, 0.717) is 42.1 Å². The normalized spacial score (nSPS) is 29.4. The maximum Gasteiger partial charge on any atom is 0.357 e. The minimum absolute atomic E-state index is 0.0199. The number of ether oxygens (including phenoxy) is 4. The van der Waals surface area contributed by atoms with Gasteiger partial charge in [-0.3, -0.25) is 4.79 Å². The molecule has 1 fully saturated rings. The molecule has 2 aromatic rings. The SMILES string of the molecule is COc1ccc2c3c1O[C@H]1C(OC(=O)[C@@H](OC(=O)CCN)c4ccccc4)=CC[C@@]4(O)[C@H](C2)N(C)CC[C@]314. The summed E-state index contributed by atoms with van der Waals surface area (Å²) in [4.78, 5) is 28.1. The number of likely N-dealkylation sites (N-methyl/N-ethyl adjacent to an activating group) is 1. The lowest BCUT2D eigenvalue weighted by Crippen LogP contribution is -2.74. The molecule has 2 aliphatic heterocycles. The van der Waals surface area contributed by atoms with Gasteiger partial charge < -0.3 is 34.7 Å². The monoisotopic (exact) mass is 520 g/mol. The van der Waals surface area contributed by atoms with E-state index in [1.54, 1.807) is 37.5 Å². The molecule has 200 valence electrons. The van der Waals surface area contributed by atoms with Gasteiger partial charge in [0.25, 0.3) is 0 Å². The van der Waals surface area contributed by atoms with Crippen LogP contribution in [0.15, 0.2) is 54.3 Å². The van der Waals surface area contributed by atoms with Gasteiger partial charge in [-0.1, -0.05) is 36.4 Å². The largest absolute Gasteiger partial charge is 0.493 e. The Bertz CT molecular complexity index is 1310. The third-order valence-electron chi connectivity index (χ3n) is 8.69. The van der Waals surface area contributed by atoms with E-state index < -0.39 is 35.2 Å². The van der Waals surface area contributed by atoms with Crippen molar-refractivity contribution < 1.29 is 33.6 Å². The van der Waals surface area contributed by atoms with Crippen molar-refractivity contribution in [1.29, 1.82) is 0 Å². The van der Waals surface area contributed by atoms with Crippen molar-refractivity contribution in [2.45, 2.75) is 54.9 Å². The number of carbonyl (C=O) groups is 2. The third kappa shape index (κ3) is 3.42. The van der Waals surface area contributed by atoms with Crippen LogP contribution in [-0.2, 0) is 30.9 Å². The van der Waals surface area contributed by atoms with Gasteiger partial charge in [0.2, 0.25) is 6.10 Å². The molecule has 6 rings (SSSR count). The van der Waals surface area contributed by atoms with E-state index in [-0.39, 0.29) is 19.0 Å². The van der Waals surface area contributed by atoms with Crippen LogP contribution >= 0.6 is 0 Å². The lowest BCUT2D eigenvalue weighted by Gasteiger charge is -2.61. The summed E-state index contributed by atoms with van der Waals surface area (Å²) in [5.74, 6) is 0.157. The van der Waals surface area contributed by atoms with Crippen molar-refractivity contribution >= 4 is 11.9 Å². The molecule has 5 atom stereocenters. The third-order valence-corrected chi connectivity index (χ3v) is 8.69. The predicted octanol–water partition coefficient (Wildman–Crippen LogP) is 2.15. The Kier molecular flexibility index (Phi) is 5.97. The maximum absolute atomic E-state index is 13.6. The van der Waals surface area contributed by atoms with E-state index in [0.717, 1.165) is 17.7 Å². The molecule has 0 aromatic heterocycles. The van der Waals surface area contributed by atoms with E-state index in [2.05, 4.69) is 4.90 Å². The van der Waals surface area contributed by atoms with Crippen LogP contribution < -0.4 is 15.2 Å². The highest BCUT2D eigenvalue weighted by molar-refractivity contribution is 5.82. The number of nitrogens with zero attached hydrogens (tertiary/aromatic N) is 1. The number of rotatable bonds is 7. The van der Waals surface area contributed by atoms with Gasteiger partial charge in [0.1, 0.15) is 5.76 Å². The standard InChI is InChI=1S/C29H32N2O7/c1-31-15-13-28-23-18-8-9-19(35-2)25(23)38-26(28)20(10-12-29(28,34)21(31)16-18)36-27(33)24(37-22(32)11-14-30)17-6-4-3-5-7-17/h3-10,21,24,26,34H,11-16,30H2,1-2H3/t21-,24-,26-,28-,29+/m0/s1. The second-order valence-corrected chi connectivity index (χ2v) is 10.5. The maximum atomic E-state index is 13.6. The smallest absolute Gasteiger partial charge is 0.357 e. The molecule has 3 N–H and O–H groups in total. The van der Waals surface area contributed by atoms with Gasteiger partial charge in [-0.25, -0.2) is 4.79 Å². The first kappa shape index (κ1) is 24.9. The molecule has 0 saturated carbocycles. The van der Waals surface area contributed by atoms with Gasteiger partial charge in [0, 0.05) is 30.1 Å². The van der Waals surface area contributed by atoms with Crippen LogP contribution in [0.5, 0.6) is 11.5 Å². The first-order valence-corrected chi connectivity index (χ1v) is 13.0. The van der Waals surface area contributed by atoms with Crippen molar-refractivity contribution in [2.75, 3.05) is 27.2 Å². The summed E-state index contributed by atoms with van der Waals surface area (Å²) in [7, 11) is 3.62. The Morgan fingerprint density at radius 2 is 2.03 bits per heavy atom. The Balaban J connectivity index is 1.39. The molecule has 0 amide bonds. The van der Waals surface area contributed by atoms with Crippen molar-refractivity contribution in [3.05, 3.63) is 71.0 Å². The van der Waals surface area contributed by atoms with E-state index >= 15 is 0 Å². The Labute approximate surface area is 221 Å². The zero-order valence-corrected chi connectivity index (χ0v) is 21.5. The van der Waals surface area contributed by atoms with Crippen LogP contribution in [0.3, 0.4) is 0 Å². The van der Waals surface area contributed by atoms with E-state index in [4.69, 9.17) is 24.7 Å². The van der Waals surface area contributed by atoms with Crippen LogP contribution in [-0.4, -0.2) is 66.9 Å². The minimum atomic E-state index is -1.26. The number of hydrogen-bond acceptors (Lipinski definition) is 9. The van der Waals surface area contributed by atoms with Crippen molar-refractivity contribution in [1.82, 2.24) is 4.90 Å². The number of aliphatic hydroxyl groups is 1. The van der Waals surface area contributed by atoms with Gasteiger partial charge in [-0.15, -0.1) is 0 Å². The number of nitrogens with two attached hydrogens (primary N) is 1. The first-order chi connectivity index (χ1) is 18.3. The van der Waals surface area contributed by atoms with Gasteiger partial charge in [-0.05, 0) is 44.1 Å². The molecule has 1 spiro atoms. The highest BCUT2D eigenvalue weighted by Gasteiger charge is 2.72. The number of benzene rings is 2. The Morgan fingerprint density at radius 1 is 1.24 bits per heavy atom. The molecular formula is C29H32N2O7. The Hall–Kier alpha value is -3.40. The average Bonchev–Trinajstić information content (AvgIpc) is 3.27. The summed E-state index contributed by atoms with van der Waals surface area (Å²) in [6.45, 7) is 0.864. The zero-order chi connectivity index (χ0) is 26.7. The van der Waals surface area contributed by atoms with E-state index in [9.17, 15) is 14.7 Å². The summed E-state index contributed by atoms with van der Waals surface area (Å²) in [5.41, 5.74) is 6.14. The molecule has 2 heterocycles. The van der Waals surface area contributed by atoms with Crippen LogP contribution in [0.4, 0.5) is 0 Å². The molecule has 2 aromatic carbocycles. The summed E-state index contributed by atoms with van der Waals surface area (Å²) in [5, 5.41) is 12.3. The average molecular weight is 521 g/mol. The highest BCUT2D eigenvalue weighted by atomic mass is 16.6. The van der Waals surface area contributed by atoms with Crippen LogP contribution in [0.2, 0.25) is 0 Å². The summed E-state index contributed by atoms with van der Waals surface area (Å²) in [6.07, 6.45) is 1.34. The van der Waals surface area contributed by atoms with Crippen LogP contribution in [0, 0.1) is 0 Å². The lowest BCUT2D eigenvalue weighted by atomic mass is 9.50. The highest BCUT2D eigenvalue weighted by Crippen LogP contribution is 2.65. The quantitative estimate of drug-likeness (QED) is 0.529. The Morgan fingerprint density at radius 3 is 2.76 bits per heavy atom. The number of hydrogen-bond donors (Lipinski definition) is 2.